The highest BCUT2D eigenvalue weighted by Gasteiger charge is 2.62. The predicted molar refractivity (Wildman–Crippen MR) is 56.1 cm³/mol. The first-order valence-corrected chi connectivity index (χ1v) is 6.28. The largest absolute Gasteiger partial charge is 0.302 e. The molecule has 2 atom stereocenters. The highest BCUT2D eigenvalue weighted by atomic mass is 32.2. The number of nitrogens with zero attached hydrogens (tertiary/aromatic N) is 1. The Hall–Kier alpha value is -1.67. The Morgan fingerprint density at radius 1 is 1.38 bits per heavy atom. The highest BCUT2D eigenvalue weighted by Crippen LogP contribution is 2.50. The Morgan fingerprint density at radius 3 is 2.44 bits per heavy atom. The summed E-state index contributed by atoms with van der Waals surface area (Å²) in [4.78, 5) is 10.9. The van der Waals surface area contributed by atoms with Gasteiger partial charge in [-0.2, -0.15) is 5.26 Å². The molecule has 0 heterocycles. The number of carbonyl (C=O) groups is 1. The van der Waals surface area contributed by atoms with E-state index in [4.69, 9.17) is 5.26 Å². The molecule has 4 nitrogen and oxygen atoms in total. The van der Waals surface area contributed by atoms with Gasteiger partial charge >= 0.3 is 0 Å². The fourth-order valence-electron chi connectivity index (χ4n) is 1.68. The van der Waals surface area contributed by atoms with Crippen molar-refractivity contribution in [2.45, 2.75) is 16.6 Å². The van der Waals surface area contributed by atoms with E-state index in [9.17, 15) is 13.2 Å². The Labute approximate surface area is 93.4 Å². The van der Waals surface area contributed by atoms with Gasteiger partial charge in [0.2, 0.25) is 0 Å². The second kappa shape index (κ2) is 3.42. The molecule has 1 saturated carbocycles. The highest BCUT2D eigenvalue weighted by molar-refractivity contribution is 7.92. The van der Waals surface area contributed by atoms with Crippen LogP contribution in [0.2, 0.25) is 0 Å². The van der Waals surface area contributed by atoms with Crippen molar-refractivity contribution in [3.63, 3.8) is 0 Å². The van der Waals surface area contributed by atoms with E-state index in [2.05, 4.69) is 0 Å². The number of benzene rings is 1. The molecule has 5 heteroatoms. The summed E-state index contributed by atoms with van der Waals surface area (Å²) >= 11 is 0. The zero-order valence-electron chi connectivity index (χ0n) is 8.33. The van der Waals surface area contributed by atoms with Crippen molar-refractivity contribution in [3.05, 3.63) is 30.3 Å². The Kier molecular flexibility index (Phi) is 2.32. The molecule has 1 aliphatic carbocycles. The van der Waals surface area contributed by atoms with Crippen LogP contribution in [0.5, 0.6) is 0 Å². The first kappa shape index (κ1) is 10.8. The molecular weight excluding hydrogens is 226 g/mol. The van der Waals surface area contributed by atoms with Gasteiger partial charge < -0.3 is 4.79 Å². The quantitative estimate of drug-likeness (QED) is 0.731. The molecule has 0 N–H and O–H groups in total. The van der Waals surface area contributed by atoms with Crippen LogP contribution in [-0.2, 0) is 14.6 Å². The predicted octanol–water partition coefficient (Wildman–Crippen LogP) is 0.941. The third-order valence-electron chi connectivity index (χ3n) is 2.80. The van der Waals surface area contributed by atoms with Gasteiger partial charge in [-0.1, -0.05) is 18.2 Å². The molecule has 16 heavy (non-hydrogen) atoms. The smallest absolute Gasteiger partial charge is 0.183 e. The summed E-state index contributed by atoms with van der Waals surface area (Å²) in [6.45, 7) is 0. The van der Waals surface area contributed by atoms with Crippen molar-refractivity contribution in [2.75, 3.05) is 0 Å². The van der Waals surface area contributed by atoms with Gasteiger partial charge in [0.15, 0.2) is 9.84 Å². The summed E-state index contributed by atoms with van der Waals surface area (Å²) < 4.78 is 24.0. The van der Waals surface area contributed by atoms with Crippen LogP contribution >= 0.6 is 0 Å². The molecule has 0 unspecified atom stereocenters. The fourth-order valence-corrected chi connectivity index (χ4v) is 3.70. The van der Waals surface area contributed by atoms with E-state index in [0.717, 1.165) is 0 Å². The van der Waals surface area contributed by atoms with E-state index < -0.39 is 20.5 Å². The van der Waals surface area contributed by atoms with Crippen molar-refractivity contribution in [1.29, 1.82) is 5.26 Å². The second-order valence-corrected chi connectivity index (χ2v) is 5.95. The van der Waals surface area contributed by atoms with Gasteiger partial charge in [-0.3, -0.25) is 0 Å². The molecule has 0 aliphatic heterocycles. The van der Waals surface area contributed by atoms with Gasteiger partial charge in [-0.05, 0) is 18.6 Å². The van der Waals surface area contributed by atoms with Gasteiger partial charge in [0.1, 0.15) is 11.7 Å². The Balaban J connectivity index is 2.39. The zero-order chi connectivity index (χ0) is 11.8. The molecule has 1 fully saturated rings. The summed E-state index contributed by atoms with van der Waals surface area (Å²) in [6.07, 6.45) is 0.544. The number of carbonyl (C=O) groups excluding carboxylic acids is 1. The van der Waals surface area contributed by atoms with Gasteiger partial charge in [0.25, 0.3) is 0 Å². The number of aldehydes is 1. The lowest BCUT2D eigenvalue weighted by Crippen LogP contribution is -2.16. The van der Waals surface area contributed by atoms with Crippen LogP contribution in [-0.4, -0.2) is 20.0 Å². The minimum Gasteiger partial charge on any atom is -0.302 e. The zero-order valence-corrected chi connectivity index (χ0v) is 9.15. The van der Waals surface area contributed by atoms with Crippen molar-refractivity contribution in [3.8, 4) is 6.07 Å². The lowest BCUT2D eigenvalue weighted by atomic mass is 10.2. The van der Waals surface area contributed by atoms with Gasteiger partial charge in [-0.15, -0.1) is 0 Å². The molecule has 1 aromatic carbocycles. The molecular formula is C11H9NO3S. The minimum atomic E-state index is -3.55. The van der Waals surface area contributed by atoms with Crippen molar-refractivity contribution < 1.29 is 13.2 Å². The fraction of sp³-hybridized carbons (Fsp3) is 0.273. The van der Waals surface area contributed by atoms with E-state index in [0.29, 0.717) is 6.29 Å². The summed E-state index contributed by atoms with van der Waals surface area (Å²) in [7, 11) is -3.55. The number of sulfone groups is 1. The molecule has 0 aromatic heterocycles. The number of hydrogen-bond acceptors (Lipinski definition) is 4. The van der Waals surface area contributed by atoms with Crippen LogP contribution in [0, 0.1) is 16.7 Å². The van der Waals surface area contributed by atoms with E-state index in [1.54, 1.807) is 24.3 Å². The Morgan fingerprint density at radius 2 is 2.00 bits per heavy atom. The molecule has 82 valence electrons. The van der Waals surface area contributed by atoms with Crippen LogP contribution in [0.15, 0.2) is 35.2 Å². The minimum absolute atomic E-state index is 0.101. The maximum atomic E-state index is 12.0. The van der Waals surface area contributed by atoms with Crippen molar-refractivity contribution in [2.24, 2.45) is 5.41 Å². The first-order valence-electron chi connectivity index (χ1n) is 4.73. The maximum Gasteiger partial charge on any atom is 0.183 e. The standard InChI is InChI=1S/C11H9NO3S/c12-7-11(8-13)6-10(11)16(14,15)9-4-2-1-3-5-9/h1-5,8,10H,6H2/t10-,11-/m1/s1. The van der Waals surface area contributed by atoms with E-state index in [1.807, 2.05) is 0 Å². The topological polar surface area (TPSA) is 75.0 Å². The van der Waals surface area contributed by atoms with Gasteiger partial charge in [0.05, 0.1) is 16.2 Å². The molecule has 1 aromatic rings. The third-order valence-corrected chi connectivity index (χ3v) is 5.07. The van der Waals surface area contributed by atoms with E-state index in [-0.39, 0.29) is 11.3 Å². The normalized spacial score (nSPS) is 28.1. The maximum absolute atomic E-state index is 12.0. The molecule has 0 bridgehead atoms. The summed E-state index contributed by atoms with van der Waals surface area (Å²) in [5.41, 5.74) is -1.32. The second-order valence-electron chi connectivity index (χ2n) is 3.82. The van der Waals surface area contributed by atoms with Gasteiger partial charge in [0, 0.05) is 0 Å². The van der Waals surface area contributed by atoms with Crippen molar-refractivity contribution >= 4 is 16.1 Å². The molecule has 1 aliphatic rings. The SMILES string of the molecule is N#C[C@@]1(C=O)C[C@H]1S(=O)(=O)c1ccccc1. The third kappa shape index (κ3) is 1.42. The lowest BCUT2D eigenvalue weighted by Gasteiger charge is -2.03. The lowest BCUT2D eigenvalue weighted by molar-refractivity contribution is -0.110. The molecule has 0 radical (unpaired) electrons. The molecule has 0 spiro atoms. The average molecular weight is 235 g/mol. The number of nitriles is 1. The van der Waals surface area contributed by atoms with Crippen LogP contribution in [0.1, 0.15) is 6.42 Å². The molecule has 0 amide bonds. The van der Waals surface area contributed by atoms with Crippen molar-refractivity contribution in [1.82, 2.24) is 0 Å². The summed E-state index contributed by atoms with van der Waals surface area (Å²) in [5, 5.41) is 7.91. The average Bonchev–Trinajstić information content (AvgIpc) is 3.06. The monoisotopic (exact) mass is 235 g/mol. The summed E-state index contributed by atoms with van der Waals surface area (Å²) in [6, 6.07) is 9.67. The van der Waals surface area contributed by atoms with E-state index >= 15 is 0 Å². The first-order chi connectivity index (χ1) is 7.57. The summed E-state index contributed by atoms with van der Waals surface area (Å²) in [5.74, 6) is 0. The number of hydrogen-bond donors (Lipinski definition) is 0. The Bertz CT molecular complexity index is 559. The molecule has 2 rings (SSSR count). The van der Waals surface area contributed by atoms with Gasteiger partial charge in [-0.25, -0.2) is 8.42 Å². The van der Waals surface area contributed by atoms with Crippen LogP contribution < -0.4 is 0 Å². The molecule has 0 saturated heterocycles. The number of rotatable bonds is 3. The van der Waals surface area contributed by atoms with Crippen LogP contribution in [0.4, 0.5) is 0 Å². The van der Waals surface area contributed by atoms with Crippen LogP contribution in [0.25, 0.3) is 0 Å². The van der Waals surface area contributed by atoms with E-state index in [1.165, 1.54) is 12.1 Å². The van der Waals surface area contributed by atoms with Crippen LogP contribution in [0.3, 0.4) is 0 Å².